The average Bonchev–Trinajstić information content (AvgIpc) is 3.25. The lowest BCUT2D eigenvalue weighted by molar-refractivity contribution is 0.102. The van der Waals surface area contributed by atoms with E-state index in [1.54, 1.807) is 12.3 Å². The van der Waals surface area contributed by atoms with Gasteiger partial charge in [0, 0.05) is 16.8 Å². The van der Waals surface area contributed by atoms with Gasteiger partial charge in [0.25, 0.3) is 5.91 Å². The number of aryl methyl sites for hydroxylation is 1. The van der Waals surface area contributed by atoms with Crippen molar-refractivity contribution < 1.29 is 4.79 Å². The second kappa shape index (κ2) is 9.08. The summed E-state index contributed by atoms with van der Waals surface area (Å²) in [5.41, 5.74) is 5.02. The van der Waals surface area contributed by atoms with Crippen LogP contribution in [0.2, 0.25) is 5.02 Å². The Morgan fingerprint density at radius 1 is 1.10 bits per heavy atom. The van der Waals surface area contributed by atoms with Crippen LogP contribution in [0, 0.1) is 13.8 Å². The van der Waals surface area contributed by atoms with Gasteiger partial charge in [0.15, 0.2) is 0 Å². The number of carbonyl (C=O) groups excluding carboxylic acids is 1. The standard InChI is InChI=1S/C23H21BrClN5O/c1-15-22(16(2)30(28-15)13-18-6-4-8-21(25)10-18)27-23(31)19-7-3-5-17(9-19)12-29-14-20(24)11-26-29/h3-11,14H,12-13H2,1-2H3,(H,27,31). The van der Waals surface area contributed by atoms with E-state index in [9.17, 15) is 4.79 Å². The summed E-state index contributed by atoms with van der Waals surface area (Å²) in [5.74, 6) is -0.169. The van der Waals surface area contributed by atoms with Crippen LogP contribution >= 0.6 is 27.5 Å². The summed E-state index contributed by atoms with van der Waals surface area (Å²) in [4.78, 5) is 12.9. The van der Waals surface area contributed by atoms with Crippen molar-refractivity contribution in [2.75, 3.05) is 5.32 Å². The van der Waals surface area contributed by atoms with Gasteiger partial charge >= 0.3 is 0 Å². The number of aromatic nitrogens is 4. The van der Waals surface area contributed by atoms with E-state index in [0.29, 0.717) is 23.7 Å². The van der Waals surface area contributed by atoms with Crippen LogP contribution in [0.3, 0.4) is 0 Å². The van der Waals surface area contributed by atoms with Crippen molar-refractivity contribution in [2.24, 2.45) is 0 Å². The van der Waals surface area contributed by atoms with Gasteiger partial charge in [0.05, 0.1) is 40.8 Å². The number of anilines is 1. The fourth-order valence-electron chi connectivity index (χ4n) is 3.45. The summed E-state index contributed by atoms with van der Waals surface area (Å²) in [6.45, 7) is 5.01. The number of nitrogens with one attached hydrogen (secondary N) is 1. The molecule has 158 valence electrons. The molecule has 0 saturated heterocycles. The van der Waals surface area contributed by atoms with Crippen molar-refractivity contribution >= 4 is 39.1 Å². The minimum Gasteiger partial charge on any atom is -0.319 e. The maximum Gasteiger partial charge on any atom is 0.255 e. The molecular weight excluding hydrogens is 478 g/mol. The van der Waals surface area contributed by atoms with Crippen molar-refractivity contribution in [2.45, 2.75) is 26.9 Å². The highest BCUT2D eigenvalue weighted by Gasteiger charge is 2.16. The summed E-state index contributed by atoms with van der Waals surface area (Å²) in [5, 5.41) is 12.6. The van der Waals surface area contributed by atoms with Crippen molar-refractivity contribution in [3.8, 4) is 0 Å². The van der Waals surface area contributed by atoms with Crippen molar-refractivity contribution in [3.05, 3.63) is 98.5 Å². The van der Waals surface area contributed by atoms with E-state index in [1.807, 2.05) is 71.9 Å². The SMILES string of the molecule is Cc1nn(Cc2cccc(Cl)c2)c(C)c1NC(=O)c1cccc(Cn2cc(Br)cn2)c1. The van der Waals surface area contributed by atoms with Crippen LogP contribution in [0.15, 0.2) is 65.4 Å². The van der Waals surface area contributed by atoms with Crippen molar-refractivity contribution in [3.63, 3.8) is 0 Å². The van der Waals surface area contributed by atoms with Crippen LogP contribution in [0.5, 0.6) is 0 Å². The first-order valence-electron chi connectivity index (χ1n) is 9.76. The molecule has 0 unspecified atom stereocenters. The predicted molar refractivity (Wildman–Crippen MR) is 126 cm³/mol. The Labute approximate surface area is 194 Å². The Kier molecular flexibility index (Phi) is 6.25. The van der Waals surface area contributed by atoms with E-state index in [1.165, 1.54) is 0 Å². The molecule has 0 saturated carbocycles. The monoisotopic (exact) mass is 497 g/mol. The molecule has 0 radical (unpaired) electrons. The molecule has 6 nitrogen and oxygen atoms in total. The molecular formula is C23H21BrClN5O. The second-order valence-corrected chi connectivity index (χ2v) is 8.70. The quantitative estimate of drug-likeness (QED) is 0.384. The number of nitrogens with zero attached hydrogens (tertiary/aromatic N) is 4. The molecule has 0 aliphatic rings. The molecule has 0 aliphatic heterocycles. The van der Waals surface area contributed by atoms with Crippen LogP contribution in [0.1, 0.15) is 32.9 Å². The van der Waals surface area contributed by atoms with Crippen LogP contribution in [-0.2, 0) is 13.1 Å². The summed E-state index contributed by atoms with van der Waals surface area (Å²) < 4.78 is 4.61. The van der Waals surface area contributed by atoms with E-state index in [4.69, 9.17) is 11.6 Å². The normalized spacial score (nSPS) is 11.0. The maximum absolute atomic E-state index is 12.9. The lowest BCUT2D eigenvalue weighted by Crippen LogP contribution is -2.14. The summed E-state index contributed by atoms with van der Waals surface area (Å²) in [7, 11) is 0. The van der Waals surface area contributed by atoms with E-state index in [2.05, 4.69) is 31.4 Å². The van der Waals surface area contributed by atoms with Gasteiger partial charge in [0.2, 0.25) is 0 Å². The highest BCUT2D eigenvalue weighted by molar-refractivity contribution is 9.10. The molecule has 2 aromatic heterocycles. The molecule has 0 spiro atoms. The summed E-state index contributed by atoms with van der Waals surface area (Å²) in [6, 6.07) is 15.2. The highest BCUT2D eigenvalue weighted by atomic mass is 79.9. The third-order valence-corrected chi connectivity index (χ3v) is 5.62. The molecule has 0 aliphatic carbocycles. The molecule has 8 heteroatoms. The Hall–Kier alpha value is -2.90. The zero-order valence-corrected chi connectivity index (χ0v) is 19.5. The van der Waals surface area contributed by atoms with Crippen LogP contribution in [0.25, 0.3) is 0 Å². The smallest absolute Gasteiger partial charge is 0.255 e. The molecule has 1 N–H and O–H groups in total. The molecule has 31 heavy (non-hydrogen) atoms. The Balaban J connectivity index is 1.51. The van der Waals surface area contributed by atoms with Crippen LogP contribution in [0.4, 0.5) is 5.69 Å². The zero-order chi connectivity index (χ0) is 22.0. The third kappa shape index (κ3) is 5.06. The van der Waals surface area contributed by atoms with Gasteiger partial charge in [-0.3, -0.25) is 14.2 Å². The van der Waals surface area contributed by atoms with Crippen LogP contribution in [-0.4, -0.2) is 25.5 Å². The topological polar surface area (TPSA) is 64.7 Å². The Morgan fingerprint density at radius 2 is 1.84 bits per heavy atom. The van der Waals surface area contributed by atoms with Crippen molar-refractivity contribution in [1.82, 2.24) is 19.6 Å². The number of amides is 1. The number of halogens is 2. The first-order chi connectivity index (χ1) is 14.9. The van der Waals surface area contributed by atoms with Crippen LogP contribution < -0.4 is 5.32 Å². The average molecular weight is 499 g/mol. The van der Waals surface area contributed by atoms with Crippen molar-refractivity contribution in [1.29, 1.82) is 0 Å². The maximum atomic E-state index is 12.9. The van der Waals surface area contributed by atoms with E-state index in [0.717, 1.165) is 32.7 Å². The molecule has 0 bridgehead atoms. The van der Waals surface area contributed by atoms with Gasteiger partial charge in [-0.05, 0) is 65.2 Å². The van der Waals surface area contributed by atoms with Gasteiger partial charge in [-0.2, -0.15) is 10.2 Å². The fraction of sp³-hybridized carbons (Fsp3) is 0.174. The molecule has 4 rings (SSSR count). The molecule has 0 atom stereocenters. The van der Waals surface area contributed by atoms with E-state index >= 15 is 0 Å². The minimum absolute atomic E-state index is 0.169. The molecule has 4 aromatic rings. The minimum atomic E-state index is -0.169. The fourth-order valence-corrected chi connectivity index (χ4v) is 3.99. The lowest BCUT2D eigenvalue weighted by Gasteiger charge is -2.09. The van der Waals surface area contributed by atoms with Gasteiger partial charge < -0.3 is 5.32 Å². The summed E-state index contributed by atoms with van der Waals surface area (Å²) >= 11 is 9.49. The number of carbonyl (C=O) groups is 1. The number of benzene rings is 2. The number of hydrogen-bond acceptors (Lipinski definition) is 3. The molecule has 2 heterocycles. The number of rotatable bonds is 6. The zero-order valence-electron chi connectivity index (χ0n) is 17.1. The number of hydrogen-bond donors (Lipinski definition) is 1. The van der Waals surface area contributed by atoms with E-state index < -0.39 is 0 Å². The highest BCUT2D eigenvalue weighted by Crippen LogP contribution is 2.22. The molecule has 0 fully saturated rings. The van der Waals surface area contributed by atoms with Gasteiger partial charge in [-0.25, -0.2) is 0 Å². The first-order valence-corrected chi connectivity index (χ1v) is 10.9. The van der Waals surface area contributed by atoms with E-state index in [-0.39, 0.29) is 5.91 Å². The third-order valence-electron chi connectivity index (χ3n) is 4.98. The lowest BCUT2D eigenvalue weighted by atomic mass is 10.1. The molecule has 2 aromatic carbocycles. The molecule has 1 amide bonds. The first kappa shape index (κ1) is 21.3. The predicted octanol–water partition coefficient (Wildman–Crippen LogP) is 5.46. The Bertz CT molecular complexity index is 1250. The summed E-state index contributed by atoms with van der Waals surface area (Å²) in [6.07, 6.45) is 3.64. The second-order valence-electron chi connectivity index (χ2n) is 7.34. The van der Waals surface area contributed by atoms with Gasteiger partial charge in [-0.1, -0.05) is 35.9 Å². The van der Waals surface area contributed by atoms with Gasteiger partial charge in [0.1, 0.15) is 0 Å². The van der Waals surface area contributed by atoms with Gasteiger partial charge in [-0.15, -0.1) is 0 Å². The Morgan fingerprint density at radius 3 is 2.55 bits per heavy atom. The largest absolute Gasteiger partial charge is 0.319 e.